The minimum atomic E-state index is -4.81. The summed E-state index contributed by atoms with van der Waals surface area (Å²) >= 11 is 0.745. The predicted molar refractivity (Wildman–Crippen MR) is 132 cm³/mol. The van der Waals surface area contributed by atoms with Gasteiger partial charge in [-0.25, -0.2) is 17.4 Å². The summed E-state index contributed by atoms with van der Waals surface area (Å²) in [6.45, 7) is 1.12. The Labute approximate surface area is 221 Å². The number of benzene rings is 2. The first-order chi connectivity index (χ1) is 18.1. The van der Waals surface area contributed by atoms with Crippen LogP contribution in [0.3, 0.4) is 0 Å². The number of halogens is 1. The molecule has 1 N–H and O–H groups in total. The van der Waals surface area contributed by atoms with Crippen LogP contribution in [0.25, 0.3) is 10.6 Å². The van der Waals surface area contributed by atoms with Crippen LogP contribution in [-0.4, -0.2) is 31.5 Å². The quantitative estimate of drug-likeness (QED) is 0.209. The van der Waals surface area contributed by atoms with Gasteiger partial charge in [0.05, 0.1) is 11.8 Å². The largest absolute Gasteiger partial charge is 0.768 e. The maximum Gasteiger partial charge on any atom is 0.270 e. The van der Waals surface area contributed by atoms with Gasteiger partial charge in [0.1, 0.15) is 35.0 Å². The number of hydrogen-bond acceptors (Lipinski definition) is 10. The lowest BCUT2D eigenvalue weighted by molar-refractivity contribution is -0.697. The number of aromatic nitrogens is 3. The Balaban J connectivity index is 1.34. The van der Waals surface area contributed by atoms with E-state index in [0.29, 0.717) is 35.5 Å². The molecule has 0 aliphatic carbocycles. The average Bonchev–Trinajstić information content (AvgIpc) is 3.40. The summed E-state index contributed by atoms with van der Waals surface area (Å²) in [6, 6.07) is 17.0. The fourth-order valence-corrected chi connectivity index (χ4v) is 6.56. The van der Waals surface area contributed by atoms with Crippen molar-refractivity contribution in [2.75, 3.05) is 12.9 Å². The van der Waals surface area contributed by atoms with Crippen molar-refractivity contribution in [3.05, 3.63) is 84.4 Å². The molecule has 38 heavy (non-hydrogen) atoms. The van der Waals surface area contributed by atoms with E-state index in [1.165, 1.54) is 0 Å². The third kappa shape index (κ3) is 7.18. The molecule has 1 atom stereocenters. The standard InChI is InChI=1S/C23H19FN5O6PS2/c24-21-14-20(9-6-18(21)15-25)35-36(30,31)16-26-38(32,33)23-28-27-22(37-23)17-4-7-19(8-5-17)34-13-12-29-10-2-1-3-11-29/h1-11,14,26H,12-13,16H2. The first kappa shape index (κ1) is 27.3. The van der Waals surface area contributed by atoms with Gasteiger partial charge in [-0.1, -0.05) is 17.4 Å². The van der Waals surface area contributed by atoms with E-state index in [1.807, 2.05) is 39.9 Å². The molecule has 1 unspecified atom stereocenters. The van der Waals surface area contributed by atoms with Crippen LogP contribution in [0.15, 0.2) is 77.4 Å². The zero-order valence-corrected chi connectivity index (χ0v) is 22.0. The minimum absolute atomic E-state index is 0.296. The molecule has 4 rings (SSSR count). The zero-order valence-electron chi connectivity index (χ0n) is 19.4. The van der Waals surface area contributed by atoms with Crippen LogP contribution >= 0.6 is 18.9 Å². The summed E-state index contributed by atoms with van der Waals surface area (Å²) in [6.07, 6.45) is 2.75. The van der Waals surface area contributed by atoms with Crippen LogP contribution in [0.1, 0.15) is 5.56 Å². The third-order valence-electron chi connectivity index (χ3n) is 4.89. The Bertz CT molecular complexity index is 1610. The molecule has 2 heterocycles. The second-order valence-corrected chi connectivity index (χ2v) is 12.3. The van der Waals surface area contributed by atoms with Crippen LogP contribution in [-0.2, 0) is 21.1 Å². The molecule has 0 saturated heterocycles. The van der Waals surface area contributed by atoms with Gasteiger partial charge in [-0.2, -0.15) is 9.98 Å². The average molecular weight is 576 g/mol. The lowest BCUT2D eigenvalue weighted by Crippen LogP contribution is -2.35. The monoisotopic (exact) mass is 575 g/mol. The molecule has 0 fully saturated rings. The molecule has 2 aromatic heterocycles. The first-order valence-electron chi connectivity index (χ1n) is 10.8. The molecule has 0 radical (unpaired) electrons. The van der Waals surface area contributed by atoms with Crippen molar-refractivity contribution in [1.29, 1.82) is 5.26 Å². The fourth-order valence-electron chi connectivity index (χ4n) is 3.04. The van der Waals surface area contributed by atoms with E-state index >= 15 is 0 Å². The summed E-state index contributed by atoms with van der Waals surface area (Å²) in [5, 5.41) is 16.6. The van der Waals surface area contributed by atoms with Gasteiger partial charge in [0.2, 0.25) is 4.34 Å². The molecular formula is C23H19FN5O6PS2. The molecule has 196 valence electrons. The number of sulfonamides is 1. The van der Waals surface area contributed by atoms with E-state index in [-0.39, 0.29) is 5.56 Å². The Kier molecular flexibility index (Phi) is 8.45. The number of rotatable bonds is 11. The molecule has 4 aromatic rings. The lowest BCUT2D eigenvalue weighted by Gasteiger charge is -2.24. The van der Waals surface area contributed by atoms with Crippen molar-refractivity contribution in [1.82, 2.24) is 14.9 Å². The lowest BCUT2D eigenvalue weighted by atomic mass is 10.2. The van der Waals surface area contributed by atoms with Gasteiger partial charge in [-0.05, 0) is 36.4 Å². The zero-order chi connectivity index (χ0) is 27.2. The van der Waals surface area contributed by atoms with Crippen molar-refractivity contribution >= 4 is 29.0 Å². The SMILES string of the molecule is N#Cc1ccc(OP(=O)([O-])CNS(=O)(=O)c2nnc(-c3ccc(OCC[n+]4ccccc4)cc3)s2)cc1F. The summed E-state index contributed by atoms with van der Waals surface area (Å²) in [5.41, 5.74) is 0.296. The van der Waals surface area contributed by atoms with Gasteiger partial charge in [0, 0.05) is 23.8 Å². The highest BCUT2D eigenvalue weighted by Gasteiger charge is 2.23. The molecule has 0 bridgehead atoms. The molecule has 11 nitrogen and oxygen atoms in total. The maximum absolute atomic E-state index is 13.7. The van der Waals surface area contributed by atoms with Crippen molar-refractivity contribution < 1.29 is 36.1 Å². The van der Waals surface area contributed by atoms with E-state index in [0.717, 1.165) is 23.5 Å². The number of nitrogens with zero attached hydrogens (tertiary/aromatic N) is 4. The second-order valence-electron chi connectivity index (χ2n) is 7.62. The van der Waals surface area contributed by atoms with E-state index < -0.39 is 39.8 Å². The van der Waals surface area contributed by atoms with Crippen LogP contribution in [0.4, 0.5) is 4.39 Å². The van der Waals surface area contributed by atoms with Gasteiger partial charge < -0.3 is 14.2 Å². The smallest absolute Gasteiger partial charge is 0.270 e. The molecule has 0 spiro atoms. The highest BCUT2D eigenvalue weighted by atomic mass is 32.2. The molecule has 0 aliphatic rings. The second kappa shape index (κ2) is 11.8. The van der Waals surface area contributed by atoms with Crippen molar-refractivity contribution in [3.63, 3.8) is 0 Å². The van der Waals surface area contributed by atoms with Crippen LogP contribution in [0.5, 0.6) is 11.5 Å². The molecular weight excluding hydrogens is 556 g/mol. The maximum atomic E-state index is 13.7. The number of nitriles is 1. The Morgan fingerprint density at radius 2 is 1.82 bits per heavy atom. The molecule has 15 heteroatoms. The van der Waals surface area contributed by atoms with Gasteiger partial charge in [0.15, 0.2) is 26.5 Å². The third-order valence-corrected chi connectivity index (χ3v) is 8.88. The normalized spacial score (nSPS) is 12.9. The molecule has 0 saturated carbocycles. The van der Waals surface area contributed by atoms with E-state index in [4.69, 9.17) is 14.5 Å². The highest BCUT2D eigenvalue weighted by molar-refractivity contribution is 7.91. The summed E-state index contributed by atoms with van der Waals surface area (Å²) in [7, 11) is -9.15. The highest BCUT2D eigenvalue weighted by Crippen LogP contribution is 2.38. The number of hydrogen-bond donors (Lipinski definition) is 1. The molecule has 0 amide bonds. The molecule has 2 aromatic carbocycles. The Morgan fingerprint density at radius 3 is 2.50 bits per heavy atom. The van der Waals surface area contributed by atoms with Crippen molar-refractivity contribution in [2.24, 2.45) is 0 Å². The summed E-state index contributed by atoms with van der Waals surface area (Å²) in [5.74, 6) is -0.751. The van der Waals surface area contributed by atoms with Gasteiger partial charge in [-0.15, -0.1) is 10.2 Å². The Morgan fingerprint density at radius 1 is 1.11 bits per heavy atom. The van der Waals surface area contributed by atoms with Crippen LogP contribution in [0.2, 0.25) is 0 Å². The first-order valence-corrected chi connectivity index (χ1v) is 14.9. The fraction of sp³-hybridized carbons (Fsp3) is 0.130. The van der Waals surface area contributed by atoms with E-state index in [9.17, 15) is 22.3 Å². The number of pyridine rings is 1. The summed E-state index contributed by atoms with van der Waals surface area (Å²) < 4.78 is 64.9. The minimum Gasteiger partial charge on any atom is -0.768 e. The summed E-state index contributed by atoms with van der Waals surface area (Å²) in [4.78, 5) is 12.2. The number of nitrogens with one attached hydrogen (secondary N) is 1. The van der Waals surface area contributed by atoms with Crippen molar-refractivity contribution in [2.45, 2.75) is 10.9 Å². The van der Waals surface area contributed by atoms with Gasteiger partial charge in [-0.3, -0.25) is 4.57 Å². The van der Waals surface area contributed by atoms with E-state index in [1.54, 1.807) is 30.3 Å². The Hall–Kier alpha value is -3.73. The van der Waals surface area contributed by atoms with Gasteiger partial charge >= 0.3 is 0 Å². The van der Waals surface area contributed by atoms with E-state index in [2.05, 4.69) is 10.2 Å². The van der Waals surface area contributed by atoms with Gasteiger partial charge in [0.25, 0.3) is 10.0 Å². The van der Waals surface area contributed by atoms with Crippen LogP contribution < -0.4 is 23.4 Å². The van der Waals surface area contributed by atoms with Crippen molar-refractivity contribution in [3.8, 4) is 28.1 Å². The van der Waals surface area contributed by atoms with Crippen LogP contribution in [0, 0.1) is 17.1 Å². The number of ether oxygens (including phenoxy) is 1. The molecule has 0 aliphatic heterocycles. The predicted octanol–water partition coefficient (Wildman–Crippen LogP) is 2.45. The topological polar surface area (TPSA) is 158 Å².